The highest BCUT2D eigenvalue weighted by Gasteiger charge is 2.27. The number of hydrogen-bond donors (Lipinski definition) is 1. The van der Waals surface area contributed by atoms with Crippen LogP contribution in [-0.4, -0.2) is 28.8 Å². The number of rotatable bonds is 5. The zero-order chi connectivity index (χ0) is 19.4. The zero-order valence-electron chi connectivity index (χ0n) is 13.1. The number of anilines is 1. The largest absolute Gasteiger partial charge is 0.465 e. The van der Waals surface area contributed by atoms with Crippen LogP contribution in [0.15, 0.2) is 36.4 Å². The maximum Gasteiger partial charge on any atom is 0.339 e. The van der Waals surface area contributed by atoms with Crippen LogP contribution in [0.3, 0.4) is 0 Å². The number of nitrogens with zero attached hydrogens (tertiary/aromatic N) is 2. The van der Waals surface area contributed by atoms with Gasteiger partial charge in [0.1, 0.15) is 5.02 Å². The van der Waals surface area contributed by atoms with Crippen molar-refractivity contribution in [2.75, 3.05) is 12.4 Å². The van der Waals surface area contributed by atoms with E-state index in [9.17, 15) is 29.8 Å². The maximum atomic E-state index is 12.5. The van der Waals surface area contributed by atoms with E-state index in [1.807, 2.05) is 0 Å². The lowest BCUT2D eigenvalue weighted by atomic mass is 10.1. The van der Waals surface area contributed by atoms with E-state index < -0.39 is 43.7 Å². The summed E-state index contributed by atoms with van der Waals surface area (Å²) in [6, 6.07) is 7.31. The third-order valence-corrected chi connectivity index (χ3v) is 3.67. The normalized spacial score (nSPS) is 10.1. The fourth-order valence-electron chi connectivity index (χ4n) is 2.07. The van der Waals surface area contributed by atoms with Crippen LogP contribution < -0.4 is 5.32 Å². The molecule has 11 heteroatoms. The number of nitro groups is 2. The number of benzene rings is 2. The topological polar surface area (TPSA) is 142 Å². The summed E-state index contributed by atoms with van der Waals surface area (Å²) in [6.45, 7) is 0. The summed E-state index contributed by atoms with van der Waals surface area (Å²) in [6.07, 6.45) is 0. The zero-order valence-corrected chi connectivity index (χ0v) is 13.9. The molecule has 10 nitrogen and oxygen atoms in total. The van der Waals surface area contributed by atoms with Crippen LogP contribution in [0.4, 0.5) is 17.1 Å². The molecule has 0 bridgehead atoms. The maximum absolute atomic E-state index is 12.5. The van der Waals surface area contributed by atoms with Crippen molar-refractivity contribution in [3.8, 4) is 0 Å². The average Bonchev–Trinajstić information content (AvgIpc) is 2.61. The highest BCUT2D eigenvalue weighted by molar-refractivity contribution is 6.36. The molecule has 2 aromatic rings. The SMILES string of the molecule is COC(=O)c1ccccc1NC(=O)c1cc([N+](=O)[O-])cc([N+](=O)[O-])c1Cl. The first kappa shape index (κ1) is 18.8. The molecule has 2 rings (SSSR count). The summed E-state index contributed by atoms with van der Waals surface area (Å²) in [5.74, 6) is -1.69. The Balaban J connectivity index is 2.50. The van der Waals surface area contributed by atoms with Crippen LogP contribution in [-0.2, 0) is 4.74 Å². The van der Waals surface area contributed by atoms with Crippen molar-refractivity contribution in [3.05, 3.63) is 72.8 Å². The molecule has 0 unspecified atom stereocenters. The number of para-hydroxylation sites is 1. The fourth-order valence-corrected chi connectivity index (χ4v) is 2.33. The van der Waals surface area contributed by atoms with Gasteiger partial charge < -0.3 is 10.1 Å². The van der Waals surface area contributed by atoms with Crippen molar-refractivity contribution in [1.29, 1.82) is 0 Å². The molecule has 0 heterocycles. The minimum Gasteiger partial charge on any atom is -0.465 e. The molecule has 0 aliphatic heterocycles. The van der Waals surface area contributed by atoms with E-state index in [1.54, 1.807) is 0 Å². The van der Waals surface area contributed by atoms with Gasteiger partial charge in [0, 0.05) is 6.07 Å². The Hall–Kier alpha value is -3.53. The predicted molar refractivity (Wildman–Crippen MR) is 90.5 cm³/mol. The molecule has 0 saturated carbocycles. The van der Waals surface area contributed by atoms with Gasteiger partial charge in [-0.1, -0.05) is 23.7 Å². The molecular formula is C15H10ClN3O7. The monoisotopic (exact) mass is 379 g/mol. The predicted octanol–water partition coefficient (Wildman–Crippen LogP) is 3.20. The number of halogens is 1. The second kappa shape index (κ2) is 7.57. The van der Waals surface area contributed by atoms with Gasteiger partial charge in [-0.25, -0.2) is 4.79 Å². The van der Waals surface area contributed by atoms with E-state index in [2.05, 4.69) is 10.1 Å². The van der Waals surface area contributed by atoms with E-state index in [1.165, 1.54) is 24.3 Å². The highest BCUT2D eigenvalue weighted by Crippen LogP contribution is 2.33. The molecule has 0 spiro atoms. The van der Waals surface area contributed by atoms with Gasteiger partial charge in [-0.05, 0) is 12.1 Å². The van der Waals surface area contributed by atoms with Crippen molar-refractivity contribution in [3.63, 3.8) is 0 Å². The average molecular weight is 380 g/mol. The Bertz CT molecular complexity index is 929. The lowest BCUT2D eigenvalue weighted by Crippen LogP contribution is -2.16. The molecule has 1 amide bonds. The number of methoxy groups -OCH3 is 1. The molecule has 1 N–H and O–H groups in total. The van der Waals surface area contributed by atoms with Crippen molar-refractivity contribution in [1.82, 2.24) is 0 Å². The summed E-state index contributed by atoms with van der Waals surface area (Å²) < 4.78 is 4.59. The van der Waals surface area contributed by atoms with Gasteiger partial charge in [0.15, 0.2) is 0 Å². The molecule has 0 saturated heterocycles. The molecule has 0 radical (unpaired) electrons. The molecule has 0 aromatic heterocycles. The van der Waals surface area contributed by atoms with Gasteiger partial charge in [-0.15, -0.1) is 0 Å². The Morgan fingerprint density at radius 1 is 1.08 bits per heavy atom. The number of amides is 1. The van der Waals surface area contributed by atoms with Crippen LogP contribution in [0.5, 0.6) is 0 Å². The number of nitrogens with one attached hydrogen (secondary N) is 1. The van der Waals surface area contributed by atoms with Crippen molar-refractivity contribution in [2.45, 2.75) is 0 Å². The second-order valence-electron chi connectivity index (χ2n) is 4.83. The fraction of sp³-hybridized carbons (Fsp3) is 0.0667. The first-order valence-electron chi connectivity index (χ1n) is 6.87. The molecule has 2 aromatic carbocycles. The van der Waals surface area contributed by atoms with Crippen LogP contribution in [0.1, 0.15) is 20.7 Å². The van der Waals surface area contributed by atoms with Crippen LogP contribution in [0, 0.1) is 20.2 Å². The highest BCUT2D eigenvalue weighted by atomic mass is 35.5. The number of nitro benzene ring substituents is 2. The molecule has 0 aliphatic carbocycles. The Morgan fingerprint density at radius 2 is 1.73 bits per heavy atom. The van der Waals surface area contributed by atoms with Crippen molar-refractivity contribution < 1.29 is 24.2 Å². The number of non-ortho nitro benzene ring substituents is 1. The quantitative estimate of drug-likeness (QED) is 0.477. The number of carbonyl (C=O) groups excluding carboxylic acids is 2. The lowest BCUT2D eigenvalue weighted by molar-refractivity contribution is -0.394. The first-order valence-corrected chi connectivity index (χ1v) is 7.25. The Labute approximate surface area is 150 Å². The summed E-state index contributed by atoms with van der Waals surface area (Å²) in [4.78, 5) is 44.3. The minimum absolute atomic E-state index is 0.0272. The number of hydrogen-bond acceptors (Lipinski definition) is 7. The van der Waals surface area contributed by atoms with E-state index in [0.717, 1.165) is 13.2 Å². The molecule has 0 atom stereocenters. The first-order chi connectivity index (χ1) is 12.3. The minimum atomic E-state index is -0.960. The van der Waals surface area contributed by atoms with Crippen molar-refractivity contribution >= 4 is 40.5 Å². The van der Waals surface area contributed by atoms with Gasteiger partial charge >= 0.3 is 5.97 Å². The van der Waals surface area contributed by atoms with Crippen molar-refractivity contribution in [2.24, 2.45) is 0 Å². The van der Waals surface area contributed by atoms with Gasteiger partial charge in [0.05, 0.1) is 39.8 Å². The summed E-state index contributed by atoms with van der Waals surface area (Å²) in [7, 11) is 1.15. The molecular weight excluding hydrogens is 370 g/mol. The van der Waals surface area contributed by atoms with E-state index in [4.69, 9.17) is 11.6 Å². The molecule has 134 valence electrons. The summed E-state index contributed by atoms with van der Waals surface area (Å²) in [5.41, 5.74) is -1.86. The second-order valence-corrected chi connectivity index (χ2v) is 5.21. The standard InChI is InChI=1S/C15H10ClN3O7/c1-26-15(21)9-4-2-3-5-11(9)17-14(20)10-6-8(18(22)23)7-12(13(10)16)19(24)25/h2-7H,1H3,(H,17,20). The number of carbonyl (C=O) groups is 2. The van der Waals surface area contributed by atoms with Crippen LogP contribution in [0.25, 0.3) is 0 Å². The van der Waals surface area contributed by atoms with Gasteiger partial charge in [-0.3, -0.25) is 25.0 Å². The molecule has 0 fully saturated rings. The lowest BCUT2D eigenvalue weighted by Gasteiger charge is -2.10. The summed E-state index contributed by atoms with van der Waals surface area (Å²) in [5, 5.41) is 23.8. The molecule has 26 heavy (non-hydrogen) atoms. The molecule has 0 aliphatic rings. The number of ether oxygens (including phenoxy) is 1. The van der Waals surface area contributed by atoms with E-state index in [0.29, 0.717) is 6.07 Å². The van der Waals surface area contributed by atoms with Crippen LogP contribution in [0.2, 0.25) is 5.02 Å². The Morgan fingerprint density at radius 3 is 2.31 bits per heavy atom. The summed E-state index contributed by atoms with van der Waals surface area (Å²) >= 11 is 5.85. The third kappa shape index (κ3) is 3.75. The smallest absolute Gasteiger partial charge is 0.339 e. The Kier molecular flexibility index (Phi) is 5.48. The third-order valence-electron chi connectivity index (χ3n) is 3.27. The number of esters is 1. The van der Waals surface area contributed by atoms with Gasteiger partial charge in [0.2, 0.25) is 0 Å². The van der Waals surface area contributed by atoms with E-state index in [-0.39, 0.29) is 11.3 Å². The van der Waals surface area contributed by atoms with Gasteiger partial charge in [0.25, 0.3) is 17.3 Å². The van der Waals surface area contributed by atoms with Crippen LogP contribution >= 0.6 is 11.6 Å². The van der Waals surface area contributed by atoms with Gasteiger partial charge in [-0.2, -0.15) is 0 Å². The van der Waals surface area contributed by atoms with E-state index >= 15 is 0 Å².